The zero-order valence-corrected chi connectivity index (χ0v) is 37.4. The van der Waals surface area contributed by atoms with Crippen LogP contribution in [-0.2, 0) is 5.41 Å². The van der Waals surface area contributed by atoms with Gasteiger partial charge < -0.3 is 14.2 Å². The zero-order valence-electron chi connectivity index (χ0n) is 37.4. The molecule has 5 nitrogen and oxygen atoms in total. The van der Waals surface area contributed by atoms with E-state index in [0.29, 0.717) is 11.1 Å². The van der Waals surface area contributed by atoms with Crippen molar-refractivity contribution >= 4 is 93.8 Å². The second-order valence-corrected chi connectivity index (χ2v) is 18.5. The number of benzene rings is 10. The molecule has 0 N–H and O–H groups in total. The van der Waals surface area contributed by atoms with Gasteiger partial charge in [0.2, 0.25) is 0 Å². The largest absolute Gasteiger partial charge is 0.309 e. The van der Waals surface area contributed by atoms with Crippen LogP contribution in [0.1, 0.15) is 37.5 Å². The van der Waals surface area contributed by atoms with Crippen LogP contribution < -0.4 is 9.80 Å². The van der Waals surface area contributed by atoms with E-state index in [4.69, 9.17) is 0 Å². The number of hydrogen-bond donors (Lipinski definition) is 0. The molecule has 0 saturated heterocycles. The standard InChI is InChI=1S/C62H43N5/c1-62(2,3)48-26-22-40(23-27-48)47-34-55-53-32-41-24-28-51(65(49-16-6-4-7-17-49)57-20-12-10-14-43(57)38-63)30-45(41)36-59(53)67-60-37-46-31-52(29-25-42(46)33-54(60)56(35-47)61(55)67)66(50-18-8-5-9-19-50)58-21-13-11-15-44(58)39-64/h4-37H,1-3H3. The van der Waals surface area contributed by atoms with Gasteiger partial charge in [0.1, 0.15) is 12.1 Å². The maximum absolute atomic E-state index is 10.2. The molecule has 0 amide bonds. The van der Waals surface area contributed by atoms with Crippen molar-refractivity contribution in [3.8, 4) is 23.3 Å². The summed E-state index contributed by atoms with van der Waals surface area (Å²) in [6.45, 7) is 6.78. The monoisotopic (exact) mass is 857 g/mol. The van der Waals surface area contributed by atoms with Gasteiger partial charge >= 0.3 is 0 Å². The molecule has 10 aromatic carbocycles. The molecule has 0 aliphatic rings. The molecule has 67 heavy (non-hydrogen) atoms. The second kappa shape index (κ2) is 15.4. The predicted octanol–water partition coefficient (Wildman–Crippen LogP) is 16.8. The summed E-state index contributed by atoms with van der Waals surface area (Å²) in [6.07, 6.45) is 0. The number of fused-ring (bicyclic) bond motifs is 8. The third-order valence-corrected chi connectivity index (χ3v) is 13.4. The first kappa shape index (κ1) is 39.7. The molecule has 0 bridgehead atoms. The third kappa shape index (κ3) is 6.52. The first-order valence-electron chi connectivity index (χ1n) is 22.7. The van der Waals surface area contributed by atoms with Gasteiger partial charge in [-0.05, 0) is 153 Å². The summed E-state index contributed by atoms with van der Waals surface area (Å²) in [7, 11) is 0. The van der Waals surface area contributed by atoms with E-state index in [1.54, 1.807) is 0 Å². The Balaban J connectivity index is 1.12. The quantitative estimate of drug-likeness (QED) is 0.160. The van der Waals surface area contributed by atoms with Crippen LogP contribution in [0.3, 0.4) is 0 Å². The molecule has 2 heterocycles. The van der Waals surface area contributed by atoms with E-state index in [2.05, 4.69) is 168 Å². The predicted molar refractivity (Wildman–Crippen MR) is 279 cm³/mol. The Hall–Kier alpha value is -8.90. The number of para-hydroxylation sites is 4. The number of nitriles is 2. The van der Waals surface area contributed by atoms with E-state index >= 15 is 0 Å². The SMILES string of the molecule is CC(C)(C)c1ccc(-c2cc3c4cc5ccc(N(c6ccccc6)c6ccccc6C#N)cc5cc4n4c5cc6cc(N(c7ccccc7)c7ccccc7C#N)ccc6cc5c(c2)c34)cc1. The molecule has 12 rings (SSSR count). The Bertz CT molecular complexity index is 3750. The molecule has 0 saturated carbocycles. The van der Waals surface area contributed by atoms with Gasteiger partial charge in [-0.1, -0.05) is 118 Å². The lowest BCUT2D eigenvalue weighted by Crippen LogP contribution is -2.11. The lowest BCUT2D eigenvalue weighted by Gasteiger charge is -2.26. The maximum atomic E-state index is 10.2. The summed E-state index contributed by atoms with van der Waals surface area (Å²) in [5.41, 5.74) is 14.0. The van der Waals surface area contributed by atoms with Crippen LogP contribution in [0.4, 0.5) is 34.1 Å². The summed E-state index contributed by atoms with van der Waals surface area (Å²) >= 11 is 0. The van der Waals surface area contributed by atoms with Crippen molar-refractivity contribution in [3.63, 3.8) is 0 Å². The molecule has 2 aromatic heterocycles. The van der Waals surface area contributed by atoms with E-state index in [1.807, 2.05) is 84.9 Å². The first-order valence-corrected chi connectivity index (χ1v) is 22.7. The third-order valence-electron chi connectivity index (χ3n) is 13.4. The van der Waals surface area contributed by atoms with Gasteiger partial charge in [0.25, 0.3) is 0 Å². The van der Waals surface area contributed by atoms with Gasteiger partial charge in [-0.15, -0.1) is 0 Å². The van der Waals surface area contributed by atoms with Crippen LogP contribution in [0.2, 0.25) is 0 Å². The fraction of sp³-hybridized carbons (Fsp3) is 0.0645. The fourth-order valence-corrected chi connectivity index (χ4v) is 10.1. The van der Waals surface area contributed by atoms with Crippen molar-refractivity contribution in [1.29, 1.82) is 10.5 Å². The normalized spacial score (nSPS) is 11.8. The van der Waals surface area contributed by atoms with E-state index in [1.165, 1.54) is 43.8 Å². The van der Waals surface area contributed by atoms with E-state index in [9.17, 15) is 10.5 Å². The number of aromatic nitrogens is 1. The number of rotatable bonds is 7. The fourth-order valence-electron chi connectivity index (χ4n) is 10.1. The lowest BCUT2D eigenvalue weighted by molar-refractivity contribution is 0.590. The van der Waals surface area contributed by atoms with Gasteiger partial charge in [-0.25, -0.2) is 0 Å². The highest BCUT2D eigenvalue weighted by Gasteiger charge is 2.23. The van der Waals surface area contributed by atoms with Crippen LogP contribution in [-0.4, -0.2) is 4.40 Å². The molecule has 12 aromatic rings. The molecule has 316 valence electrons. The Morgan fingerprint density at radius 2 is 0.836 bits per heavy atom. The smallest absolute Gasteiger partial charge is 0.101 e. The molecule has 0 aliphatic carbocycles. The van der Waals surface area contributed by atoms with E-state index in [0.717, 1.165) is 66.7 Å². The number of anilines is 6. The Morgan fingerprint density at radius 3 is 1.28 bits per heavy atom. The zero-order chi connectivity index (χ0) is 45.4. The molecule has 0 radical (unpaired) electrons. The van der Waals surface area contributed by atoms with Gasteiger partial charge in [0.15, 0.2) is 0 Å². The molecule has 0 atom stereocenters. The van der Waals surface area contributed by atoms with Crippen molar-refractivity contribution in [3.05, 3.63) is 223 Å². The Kier molecular flexibility index (Phi) is 9.11. The molecule has 0 unspecified atom stereocenters. The van der Waals surface area contributed by atoms with E-state index in [-0.39, 0.29) is 5.41 Å². The Morgan fingerprint density at radius 1 is 0.388 bits per heavy atom. The van der Waals surface area contributed by atoms with Crippen LogP contribution in [0.5, 0.6) is 0 Å². The highest BCUT2D eigenvalue weighted by atomic mass is 15.1. The second-order valence-electron chi connectivity index (χ2n) is 18.5. The summed E-state index contributed by atoms with van der Waals surface area (Å²) in [6, 6.07) is 77.5. The minimum Gasteiger partial charge on any atom is -0.309 e. The topological polar surface area (TPSA) is 58.5 Å². The van der Waals surface area contributed by atoms with Crippen LogP contribution >= 0.6 is 0 Å². The molecule has 5 heteroatoms. The molecule has 0 fully saturated rings. The minimum absolute atomic E-state index is 0.0548. The van der Waals surface area contributed by atoms with Gasteiger partial charge in [0.05, 0.1) is 39.1 Å². The lowest BCUT2D eigenvalue weighted by atomic mass is 9.86. The van der Waals surface area contributed by atoms with Crippen molar-refractivity contribution < 1.29 is 0 Å². The van der Waals surface area contributed by atoms with Crippen molar-refractivity contribution in [2.45, 2.75) is 26.2 Å². The Labute approximate surface area is 389 Å². The summed E-state index contributed by atoms with van der Waals surface area (Å²) < 4.78 is 2.47. The average Bonchev–Trinajstić information content (AvgIpc) is 3.86. The first-order chi connectivity index (χ1) is 32.7. The van der Waals surface area contributed by atoms with Crippen molar-refractivity contribution in [2.24, 2.45) is 0 Å². The molecule has 0 spiro atoms. The van der Waals surface area contributed by atoms with Gasteiger partial charge in [-0.3, -0.25) is 0 Å². The van der Waals surface area contributed by atoms with E-state index < -0.39 is 0 Å². The summed E-state index contributed by atoms with van der Waals surface area (Å²) in [4.78, 5) is 4.36. The number of nitrogens with zero attached hydrogens (tertiary/aromatic N) is 5. The summed E-state index contributed by atoms with van der Waals surface area (Å²) in [5, 5.41) is 29.8. The molecule has 0 aliphatic heterocycles. The highest BCUT2D eigenvalue weighted by molar-refractivity contribution is 6.27. The average molecular weight is 858 g/mol. The minimum atomic E-state index is 0.0548. The van der Waals surface area contributed by atoms with Crippen LogP contribution in [0.25, 0.3) is 70.8 Å². The number of hydrogen-bond acceptors (Lipinski definition) is 4. The molecular weight excluding hydrogens is 815 g/mol. The van der Waals surface area contributed by atoms with Crippen molar-refractivity contribution in [1.82, 2.24) is 4.40 Å². The van der Waals surface area contributed by atoms with Crippen molar-refractivity contribution in [2.75, 3.05) is 9.80 Å². The van der Waals surface area contributed by atoms with Gasteiger partial charge in [-0.2, -0.15) is 10.5 Å². The summed E-state index contributed by atoms with van der Waals surface area (Å²) in [5.74, 6) is 0. The van der Waals surface area contributed by atoms with Gasteiger partial charge in [0, 0.05) is 44.3 Å². The molecular formula is C62H43N5. The maximum Gasteiger partial charge on any atom is 0.101 e. The van der Waals surface area contributed by atoms with Crippen LogP contribution in [0, 0.1) is 22.7 Å². The van der Waals surface area contributed by atoms with Crippen LogP contribution in [0.15, 0.2) is 206 Å². The highest BCUT2D eigenvalue weighted by Crippen LogP contribution is 2.46.